The first-order chi connectivity index (χ1) is 14.2. The van der Waals surface area contributed by atoms with Crippen LogP contribution in [0.1, 0.15) is 27.7 Å². The molecule has 2 atom stereocenters. The van der Waals surface area contributed by atoms with Gasteiger partial charge in [0.25, 0.3) is 0 Å². The molecule has 0 heterocycles. The molecule has 0 bridgehead atoms. The Bertz CT molecular complexity index is 846. The third kappa shape index (κ3) is 3.20. The highest BCUT2D eigenvalue weighted by Crippen LogP contribution is 2.64. The fraction of sp³-hybridized carbons (Fsp3) is 0.440. The molecule has 160 valence electrons. The third-order valence-electron chi connectivity index (χ3n) is 7.18. The van der Waals surface area contributed by atoms with Crippen LogP contribution < -0.4 is 10.4 Å². The van der Waals surface area contributed by atoms with Gasteiger partial charge in [-0.2, -0.15) is 0 Å². The molecule has 0 aliphatic heterocycles. The molecule has 0 amide bonds. The van der Waals surface area contributed by atoms with Gasteiger partial charge in [-0.1, -0.05) is 98.7 Å². The van der Waals surface area contributed by atoms with E-state index in [0.717, 1.165) is 6.04 Å². The molecule has 5 heteroatoms. The van der Waals surface area contributed by atoms with Gasteiger partial charge in [0.15, 0.2) is 5.41 Å². The summed E-state index contributed by atoms with van der Waals surface area (Å²) >= 11 is 0. The molecule has 1 aliphatic rings. The quantitative estimate of drug-likeness (QED) is 0.404. The summed E-state index contributed by atoms with van der Waals surface area (Å²) in [5.41, 5.74) is -1.21. The number of ether oxygens (including phenoxy) is 2. The number of hydrogen-bond acceptors (Lipinski definition) is 4. The van der Waals surface area contributed by atoms with Crippen LogP contribution in [-0.2, 0) is 19.1 Å². The normalized spacial score (nSPS) is 20.3. The lowest BCUT2D eigenvalue weighted by Gasteiger charge is -2.45. The van der Waals surface area contributed by atoms with Crippen LogP contribution in [0.25, 0.3) is 0 Å². The van der Waals surface area contributed by atoms with Crippen molar-refractivity contribution in [3.05, 3.63) is 60.7 Å². The maximum Gasteiger partial charge on any atom is 0.323 e. The molecule has 1 fully saturated rings. The van der Waals surface area contributed by atoms with E-state index < -0.39 is 25.4 Å². The molecule has 3 rings (SSSR count). The topological polar surface area (TPSA) is 52.6 Å². The second-order valence-electron chi connectivity index (χ2n) is 9.34. The molecule has 0 saturated heterocycles. The van der Waals surface area contributed by atoms with E-state index in [1.165, 1.54) is 24.6 Å². The van der Waals surface area contributed by atoms with Crippen molar-refractivity contribution in [3.8, 4) is 0 Å². The number of carbonyl (C=O) groups excluding carboxylic acids is 2. The van der Waals surface area contributed by atoms with E-state index in [2.05, 4.69) is 69.3 Å². The first-order valence-corrected chi connectivity index (χ1v) is 12.7. The van der Waals surface area contributed by atoms with Crippen molar-refractivity contribution >= 4 is 30.4 Å². The standard InChI is InChI=1S/C25H32O4Si/c1-18-21(25(18,22(26)28-5)23(27)29-6)17-30(24(2,3)4,19-13-9-7-10-14-19)20-15-11-8-12-16-20/h7-16,18,21H,17H2,1-6H3. The minimum absolute atomic E-state index is 0.0456. The SMILES string of the molecule is COC(=O)C1(C(=O)OC)C(C)C1C[Si](c1ccccc1)(c1ccccc1)C(C)(C)C. The third-order valence-corrected chi connectivity index (χ3v) is 13.4. The molecule has 2 aromatic carbocycles. The van der Waals surface area contributed by atoms with Gasteiger partial charge in [0.2, 0.25) is 0 Å². The molecule has 2 aromatic rings. The molecule has 1 aliphatic carbocycles. The second-order valence-corrected chi connectivity index (χ2v) is 14.2. The Morgan fingerprint density at radius 3 is 1.60 bits per heavy atom. The Kier molecular flexibility index (Phi) is 5.96. The Balaban J connectivity index is 2.20. The zero-order valence-electron chi connectivity index (χ0n) is 18.8. The van der Waals surface area contributed by atoms with Crippen LogP contribution in [0.3, 0.4) is 0 Å². The first-order valence-electron chi connectivity index (χ1n) is 10.5. The summed E-state index contributed by atoms with van der Waals surface area (Å²) in [6.07, 6.45) is 0. The van der Waals surface area contributed by atoms with Gasteiger partial charge in [-0.3, -0.25) is 9.59 Å². The average Bonchev–Trinajstić information content (AvgIpc) is 3.34. The van der Waals surface area contributed by atoms with Gasteiger partial charge in [-0.25, -0.2) is 0 Å². The van der Waals surface area contributed by atoms with Gasteiger partial charge in [-0.15, -0.1) is 0 Å². The summed E-state index contributed by atoms with van der Waals surface area (Å²) in [6, 6.07) is 22.0. The highest BCUT2D eigenvalue weighted by Gasteiger charge is 2.75. The summed E-state index contributed by atoms with van der Waals surface area (Å²) < 4.78 is 10.2. The number of esters is 2. The molecule has 1 saturated carbocycles. The maximum absolute atomic E-state index is 12.8. The average molecular weight is 425 g/mol. The first kappa shape index (κ1) is 22.3. The molecule has 0 radical (unpaired) electrons. The van der Waals surface area contributed by atoms with Gasteiger partial charge < -0.3 is 9.47 Å². The van der Waals surface area contributed by atoms with Gasteiger partial charge in [0.05, 0.1) is 14.2 Å². The maximum atomic E-state index is 12.8. The monoisotopic (exact) mass is 424 g/mol. The van der Waals surface area contributed by atoms with Crippen molar-refractivity contribution in [2.75, 3.05) is 14.2 Å². The fourth-order valence-corrected chi connectivity index (χ4v) is 11.4. The minimum atomic E-state index is -2.41. The Morgan fingerprint density at radius 2 is 1.27 bits per heavy atom. The van der Waals surface area contributed by atoms with E-state index in [0.29, 0.717) is 0 Å². The van der Waals surface area contributed by atoms with Gasteiger partial charge in [0.1, 0.15) is 8.07 Å². The fourth-order valence-electron chi connectivity index (χ4n) is 5.43. The van der Waals surface area contributed by atoms with Crippen LogP contribution in [0.4, 0.5) is 0 Å². The zero-order valence-corrected chi connectivity index (χ0v) is 19.8. The van der Waals surface area contributed by atoms with E-state index in [1.807, 2.05) is 19.1 Å². The smallest absolute Gasteiger partial charge is 0.323 e. The molecular weight excluding hydrogens is 392 g/mol. The highest BCUT2D eigenvalue weighted by molar-refractivity contribution is 7.04. The van der Waals surface area contributed by atoms with Crippen LogP contribution >= 0.6 is 0 Å². The van der Waals surface area contributed by atoms with Crippen molar-refractivity contribution in [2.45, 2.75) is 38.8 Å². The Morgan fingerprint density at radius 1 is 0.867 bits per heavy atom. The predicted octanol–water partition coefficient (Wildman–Crippen LogP) is 3.65. The van der Waals surface area contributed by atoms with Crippen molar-refractivity contribution in [2.24, 2.45) is 17.3 Å². The van der Waals surface area contributed by atoms with E-state index in [1.54, 1.807) is 0 Å². The Hall–Kier alpha value is -2.40. The molecule has 30 heavy (non-hydrogen) atoms. The van der Waals surface area contributed by atoms with Gasteiger partial charge in [0, 0.05) is 0 Å². The van der Waals surface area contributed by atoms with Crippen LogP contribution in [0, 0.1) is 17.3 Å². The summed E-state index contributed by atoms with van der Waals surface area (Å²) in [5.74, 6) is -1.21. The van der Waals surface area contributed by atoms with Gasteiger partial charge in [-0.05, 0) is 22.9 Å². The molecule has 0 N–H and O–H groups in total. The number of rotatable bonds is 6. The largest absolute Gasteiger partial charge is 0.468 e. The van der Waals surface area contributed by atoms with Crippen LogP contribution in [0.15, 0.2) is 60.7 Å². The molecule has 2 unspecified atom stereocenters. The number of hydrogen-bond donors (Lipinski definition) is 0. The van der Waals surface area contributed by atoms with Crippen molar-refractivity contribution < 1.29 is 19.1 Å². The number of benzene rings is 2. The lowest BCUT2D eigenvalue weighted by atomic mass is 10.0. The highest BCUT2D eigenvalue weighted by atomic mass is 28.3. The van der Waals surface area contributed by atoms with Crippen LogP contribution in [0.5, 0.6) is 0 Å². The van der Waals surface area contributed by atoms with Crippen molar-refractivity contribution in [1.29, 1.82) is 0 Å². The van der Waals surface area contributed by atoms with Crippen LogP contribution in [-0.4, -0.2) is 34.2 Å². The molecule has 0 spiro atoms. The summed E-state index contributed by atoms with van der Waals surface area (Å²) in [4.78, 5) is 25.6. The van der Waals surface area contributed by atoms with E-state index >= 15 is 0 Å². The number of carbonyl (C=O) groups is 2. The van der Waals surface area contributed by atoms with Crippen molar-refractivity contribution in [3.63, 3.8) is 0 Å². The molecule has 4 nitrogen and oxygen atoms in total. The van der Waals surface area contributed by atoms with E-state index in [-0.39, 0.29) is 16.9 Å². The van der Waals surface area contributed by atoms with Gasteiger partial charge >= 0.3 is 11.9 Å². The zero-order chi connectivity index (χ0) is 22.2. The summed E-state index contributed by atoms with van der Waals surface area (Å²) in [5, 5.41) is 2.58. The Labute approximate surface area is 180 Å². The van der Waals surface area contributed by atoms with E-state index in [9.17, 15) is 9.59 Å². The summed E-state index contributed by atoms with van der Waals surface area (Å²) in [6.45, 7) is 8.81. The number of methoxy groups -OCH3 is 2. The molecule has 0 aromatic heterocycles. The van der Waals surface area contributed by atoms with E-state index in [4.69, 9.17) is 9.47 Å². The lowest BCUT2D eigenvalue weighted by molar-refractivity contribution is -0.162. The minimum Gasteiger partial charge on any atom is -0.468 e. The molecular formula is C25H32O4Si. The summed E-state index contributed by atoms with van der Waals surface area (Å²) in [7, 11) is 0.277. The predicted molar refractivity (Wildman–Crippen MR) is 122 cm³/mol. The second kappa shape index (κ2) is 8.03. The van der Waals surface area contributed by atoms with Crippen molar-refractivity contribution in [1.82, 2.24) is 0 Å². The van der Waals surface area contributed by atoms with Crippen LogP contribution in [0.2, 0.25) is 11.1 Å². The lowest BCUT2D eigenvalue weighted by Crippen LogP contribution is -2.64.